The number of carbonyl (C=O) groups excluding carboxylic acids is 1. The van der Waals surface area contributed by atoms with Crippen LogP contribution in [-0.4, -0.2) is 52.1 Å². The second-order valence-electron chi connectivity index (χ2n) is 8.14. The number of likely N-dealkylation sites (tertiary alicyclic amines) is 1. The molecular formula is C18H22ClN3O2S2. The topological polar surface area (TPSA) is 45.7 Å². The Kier molecular flexibility index (Phi) is 4.62. The van der Waals surface area contributed by atoms with Gasteiger partial charge in [-0.25, -0.2) is 14.1 Å². The van der Waals surface area contributed by atoms with Crippen molar-refractivity contribution in [3.8, 4) is 0 Å². The van der Waals surface area contributed by atoms with Crippen molar-refractivity contribution in [3.05, 3.63) is 22.7 Å². The molecule has 3 heterocycles. The summed E-state index contributed by atoms with van der Waals surface area (Å²) in [5, 5.41) is 0. The molecule has 1 aromatic carbocycles. The lowest BCUT2D eigenvalue weighted by Gasteiger charge is -2.47. The summed E-state index contributed by atoms with van der Waals surface area (Å²) in [6.07, 6.45) is 0.926. The monoisotopic (exact) mass is 411 g/mol. The van der Waals surface area contributed by atoms with E-state index in [1.165, 1.54) is 16.2 Å². The second-order valence-corrected chi connectivity index (χ2v) is 10.9. The average molecular weight is 412 g/mol. The second kappa shape index (κ2) is 6.55. The number of ether oxygens (including phenoxy) is 1. The zero-order chi connectivity index (χ0) is 18.5. The number of nitrogens with zero attached hydrogens (tertiary/aromatic N) is 3. The number of thiazole rings is 1. The van der Waals surface area contributed by atoms with Gasteiger partial charge in [0.1, 0.15) is 5.60 Å². The Morgan fingerprint density at radius 3 is 2.85 bits per heavy atom. The molecule has 2 saturated heterocycles. The van der Waals surface area contributed by atoms with Crippen LogP contribution in [0.1, 0.15) is 27.2 Å². The molecule has 0 aliphatic carbocycles. The van der Waals surface area contributed by atoms with Crippen LogP contribution >= 0.6 is 34.9 Å². The third-order valence-corrected chi connectivity index (χ3v) is 6.83. The van der Waals surface area contributed by atoms with E-state index < -0.39 is 5.60 Å². The normalized spacial score (nSPS) is 19.9. The van der Waals surface area contributed by atoms with E-state index in [0.29, 0.717) is 4.47 Å². The van der Waals surface area contributed by atoms with Crippen LogP contribution in [0.2, 0.25) is 4.47 Å². The van der Waals surface area contributed by atoms with E-state index in [4.69, 9.17) is 16.3 Å². The number of hydrogen-bond acceptors (Lipinski definition) is 6. The van der Waals surface area contributed by atoms with E-state index >= 15 is 0 Å². The zero-order valence-electron chi connectivity index (χ0n) is 15.1. The molecule has 8 heteroatoms. The SMILES string of the molecule is CC(C)(C)OC(=O)N1CC2(CCN(Sc3ccc4nc(Cl)sc4c3)C2)C1. The lowest BCUT2D eigenvalue weighted by atomic mass is 9.79. The van der Waals surface area contributed by atoms with Gasteiger partial charge in [-0.1, -0.05) is 11.6 Å². The molecule has 0 saturated carbocycles. The van der Waals surface area contributed by atoms with Crippen LogP contribution in [-0.2, 0) is 4.74 Å². The molecule has 0 unspecified atom stereocenters. The molecule has 0 bridgehead atoms. The minimum atomic E-state index is -0.435. The fraction of sp³-hybridized carbons (Fsp3) is 0.556. The maximum Gasteiger partial charge on any atom is 0.410 e. The Labute approximate surface area is 166 Å². The zero-order valence-corrected chi connectivity index (χ0v) is 17.5. The minimum absolute atomic E-state index is 0.193. The van der Waals surface area contributed by atoms with Crippen LogP contribution in [0.5, 0.6) is 0 Å². The molecule has 2 fully saturated rings. The van der Waals surface area contributed by atoms with Gasteiger partial charge in [0.15, 0.2) is 4.47 Å². The summed E-state index contributed by atoms with van der Waals surface area (Å²) in [5.74, 6) is 0. The van der Waals surface area contributed by atoms with Crippen LogP contribution in [0.25, 0.3) is 10.2 Å². The Morgan fingerprint density at radius 1 is 1.35 bits per heavy atom. The molecule has 5 nitrogen and oxygen atoms in total. The third kappa shape index (κ3) is 3.81. The first-order chi connectivity index (χ1) is 12.2. The van der Waals surface area contributed by atoms with Gasteiger partial charge in [0, 0.05) is 36.5 Å². The molecule has 4 rings (SSSR count). The number of halogens is 1. The maximum absolute atomic E-state index is 12.1. The van der Waals surface area contributed by atoms with Crippen molar-refractivity contribution in [1.29, 1.82) is 0 Å². The van der Waals surface area contributed by atoms with Gasteiger partial charge in [-0.05, 0) is 57.3 Å². The molecule has 1 amide bonds. The third-order valence-electron chi connectivity index (χ3n) is 4.68. The molecule has 0 N–H and O–H groups in total. The maximum atomic E-state index is 12.1. The summed E-state index contributed by atoms with van der Waals surface area (Å²) < 4.78 is 9.56. The Hall–Kier alpha value is -1.02. The summed E-state index contributed by atoms with van der Waals surface area (Å²) in [4.78, 5) is 19.5. The summed E-state index contributed by atoms with van der Waals surface area (Å²) in [7, 11) is 0. The van der Waals surface area contributed by atoms with E-state index in [0.717, 1.165) is 42.8 Å². The van der Waals surface area contributed by atoms with E-state index in [1.54, 1.807) is 11.9 Å². The predicted molar refractivity (Wildman–Crippen MR) is 107 cm³/mol. The lowest BCUT2D eigenvalue weighted by Crippen LogP contribution is -2.60. The predicted octanol–water partition coefficient (Wildman–Crippen LogP) is 4.90. The first kappa shape index (κ1) is 18.3. The largest absolute Gasteiger partial charge is 0.444 e. The Balaban J connectivity index is 1.33. The fourth-order valence-corrected chi connectivity index (χ4v) is 5.80. The van der Waals surface area contributed by atoms with Crippen molar-refractivity contribution in [2.24, 2.45) is 5.41 Å². The van der Waals surface area contributed by atoms with Crippen molar-refractivity contribution in [2.75, 3.05) is 26.2 Å². The highest BCUT2D eigenvalue weighted by atomic mass is 35.5. The van der Waals surface area contributed by atoms with Gasteiger partial charge >= 0.3 is 6.09 Å². The van der Waals surface area contributed by atoms with E-state index in [-0.39, 0.29) is 11.5 Å². The lowest BCUT2D eigenvalue weighted by molar-refractivity contribution is -0.0285. The number of carbonyl (C=O) groups is 1. The Bertz CT molecular complexity index is 843. The molecule has 26 heavy (non-hydrogen) atoms. The van der Waals surface area contributed by atoms with E-state index in [9.17, 15) is 4.79 Å². The molecular weight excluding hydrogens is 390 g/mol. The number of hydrogen-bond donors (Lipinski definition) is 0. The molecule has 140 valence electrons. The van der Waals surface area contributed by atoms with Crippen molar-refractivity contribution in [1.82, 2.24) is 14.2 Å². The number of benzene rings is 1. The number of amides is 1. The number of fused-ring (bicyclic) bond motifs is 1. The van der Waals surface area contributed by atoms with Gasteiger partial charge < -0.3 is 9.64 Å². The van der Waals surface area contributed by atoms with Crippen molar-refractivity contribution in [2.45, 2.75) is 37.7 Å². The van der Waals surface area contributed by atoms with Crippen LogP contribution < -0.4 is 0 Å². The number of rotatable bonds is 2. The van der Waals surface area contributed by atoms with Crippen molar-refractivity contribution >= 4 is 51.2 Å². The van der Waals surface area contributed by atoms with Gasteiger partial charge in [-0.15, -0.1) is 11.3 Å². The van der Waals surface area contributed by atoms with Gasteiger partial charge in [-0.3, -0.25) is 0 Å². The van der Waals surface area contributed by atoms with Gasteiger partial charge in [0.2, 0.25) is 0 Å². The molecule has 1 spiro atoms. The first-order valence-corrected chi connectivity index (χ1v) is 10.7. The van der Waals surface area contributed by atoms with Crippen molar-refractivity contribution in [3.63, 3.8) is 0 Å². The summed E-state index contributed by atoms with van der Waals surface area (Å²) in [6, 6.07) is 6.28. The van der Waals surface area contributed by atoms with E-state index in [2.05, 4.69) is 21.4 Å². The highest BCUT2D eigenvalue weighted by molar-refractivity contribution is 7.97. The standard InChI is InChI=1S/C18H22ClN3O2S2/c1-17(2,3)24-16(23)21-9-18(10-21)6-7-22(11-18)26-12-4-5-13-14(8-12)25-15(19)20-13/h4-5,8H,6-7,9-11H2,1-3H3. The highest BCUT2D eigenvalue weighted by Crippen LogP contribution is 2.44. The van der Waals surface area contributed by atoms with Gasteiger partial charge in [0.05, 0.1) is 10.2 Å². The van der Waals surface area contributed by atoms with Crippen LogP contribution in [0, 0.1) is 5.41 Å². The van der Waals surface area contributed by atoms with Crippen LogP contribution in [0.3, 0.4) is 0 Å². The quantitative estimate of drug-likeness (QED) is 0.657. The molecule has 1 aromatic heterocycles. The summed E-state index contributed by atoms with van der Waals surface area (Å²) >= 11 is 9.29. The summed E-state index contributed by atoms with van der Waals surface area (Å²) in [6.45, 7) is 9.34. The molecule has 2 aliphatic rings. The number of aromatic nitrogens is 1. The van der Waals surface area contributed by atoms with Gasteiger partial charge in [0.25, 0.3) is 0 Å². The molecule has 0 atom stereocenters. The molecule has 2 aromatic rings. The highest BCUT2D eigenvalue weighted by Gasteiger charge is 2.50. The van der Waals surface area contributed by atoms with Crippen LogP contribution in [0.15, 0.2) is 23.1 Å². The summed E-state index contributed by atoms with van der Waals surface area (Å²) in [5.41, 5.74) is 0.742. The average Bonchev–Trinajstić information content (AvgIpc) is 3.06. The fourth-order valence-electron chi connectivity index (χ4n) is 3.53. The van der Waals surface area contributed by atoms with Gasteiger partial charge in [-0.2, -0.15) is 0 Å². The van der Waals surface area contributed by atoms with E-state index in [1.807, 2.05) is 31.7 Å². The molecule has 2 aliphatic heterocycles. The first-order valence-electron chi connectivity index (χ1n) is 8.68. The van der Waals surface area contributed by atoms with Crippen molar-refractivity contribution < 1.29 is 9.53 Å². The van der Waals surface area contributed by atoms with Crippen LogP contribution in [0.4, 0.5) is 4.79 Å². The smallest absolute Gasteiger partial charge is 0.410 e. The Morgan fingerprint density at radius 2 is 2.12 bits per heavy atom. The molecule has 0 radical (unpaired) electrons. The minimum Gasteiger partial charge on any atom is -0.444 e.